The summed E-state index contributed by atoms with van der Waals surface area (Å²) < 4.78 is 15.6. The van der Waals surface area contributed by atoms with Crippen LogP contribution in [0.4, 0.5) is 0 Å². The van der Waals surface area contributed by atoms with E-state index in [1.807, 2.05) is 35.9 Å². The molecule has 0 atom stereocenters. The first kappa shape index (κ1) is 18.4. The number of fused-ring (bicyclic) bond motifs is 2. The Kier molecular flexibility index (Phi) is 4.87. The molecule has 5 heterocycles. The summed E-state index contributed by atoms with van der Waals surface area (Å²) in [6.45, 7) is 5.14. The summed E-state index contributed by atoms with van der Waals surface area (Å²) in [6, 6.07) is 3.94. The predicted octanol–water partition coefficient (Wildman–Crippen LogP) is 3.80. The van der Waals surface area contributed by atoms with E-state index in [1.165, 1.54) is 5.69 Å². The molecule has 29 heavy (non-hydrogen) atoms. The molecule has 1 saturated heterocycles. The number of ketones is 1. The van der Waals surface area contributed by atoms with Crippen molar-refractivity contribution in [3.63, 3.8) is 0 Å². The Morgan fingerprint density at radius 2 is 2.17 bits per heavy atom. The topological polar surface area (TPSA) is 57.8 Å². The highest BCUT2D eigenvalue weighted by molar-refractivity contribution is 5.99. The summed E-state index contributed by atoms with van der Waals surface area (Å²) in [6.07, 6.45) is 10.6. The van der Waals surface area contributed by atoms with Gasteiger partial charge in [0.1, 0.15) is 11.4 Å². The number of nitrogens with zero attached hydrogens (tertiary/aromatic N) is 3. The third-order valence-corrected chi connectivity index (χ3v) is 6.13. The lowest BCUT2D eigenvalue weighted by atomic mass is 9.97. The Hall–Kier alpha value is -2.60. The molecule has 152 valence electrons. The van der Waals surface area contributed by atoms with E-state index >= 15 is 0 Å². The van der Waals surface area contributed by atoms with Crippen LogP contribution < -0.4 is 4.74 Å². The van der Waals surface area contributed by atoms with Crippen molar-refractivity contribution >= 4 is 11.4 Å². The van der Waals surface area contributed by atoms with Crippen LogP contribution in [0, 0.1) is 0 Å². The van der Waals surface area contributed by atoms with Gasteiger partial charge in [-0.25, -0.2) is 4.98 Å². The Balaban J connectivity index is 1.46. The van der Waals surface area contributed by atoms with E-state index in [0.29, 0.717) is 18.9 Å². The number of aromatic nitrogens is 3. The van der Waals surface area contributed by atoms with Crippen LogP contribution in [0.5, 0.6) is 5.75 Å². The van der Waals surface area contributed by atoms with Crippen molar-refractivity contribution in [1.82, 2.24) is 14.0 Å². The number of carbonyl (C=O) groups is 1. The van der Waals surface area contributed by atoms with Gasteiger partial charge in [0.2, 0.25) is 0 Å². The summed E-state index contributed by atoms with van der Waals surface area (Å²) >= 11 is 0. The third-order valence-electron chi connectivity index (χ3n) is 6.13. The molecule has 0 aromatic carbocycles. The maximum Gasteiger partial charge on any atom is 0.169 e. The molecule has 0 bridgehead atoms. The van der Waals surface area contributed by atoms with E-state index < -0.39 is 0 Å². The molecule has 0 unspecified atom stereocenters. The number of imidazole rings is 1. The number of aryl methyl sites for hydroxylation is 1. The minimum Gasteiger partial charge on any atom is -0.493 e. The quantitative estimate of drug-likeness (QED) is 0.598. The second-order valence-electron chi connectivity index (χ2n) is 7.99. The summed E-state index contributed by atoms with van der Waals surface area (Å²) in [5.41, 5.74) is 4.93. The van der Waals surface area contributed by atoms with Crippen LogP contribution in [0.2, 0.25) is 0 Å². The molecule has 6 nitrogen and oxygen atoms in total. The van der Waals surface area contributed by atoms with E-state index in [9.17, 15) is 4.79 Å². The van der Waals surface area contributed by atoms with Gasteiger partial charge in [0.15, 0.2) is 5.78 Å². The zero-order valence-electron chi connectivity index (χ0n) is 16.9. The standard InChI is InChI=1S/C23H27N3O3/c1-2-29-22-13-23-24-19(16-6-10-28-11-7-16)15-26(23)14-17(22)12-21(27)18-5-9-25-8-3-4-20(18)25/h5,9,13-16H,2-4,6-8,10-12H2,1H3. The number of carbonyl (C=O) groups excluding carboxylic acids is 1. The average Bonchev–Trinajstić information content (AvgIpc) is 3.44. The summed E-state index contributed by atoms with van der Waals surface area (Å²) in [5, 5.41) is 0. The van der Waals surface area contributed by atoms with Gasteiger partial charge >= 0.3 is 0 Å². The number of hydrogen-bond donors (Lipinski definition) is 0. The molecule has 0 N–H and O–H groups in total. The molecule has 0 saturated carbocycles. The van der Waals surface area contributed by atoms with Gasteiger partial charge in [-0.2, -0.15) is 0 Å². The van der Waals surface area contributed by atoms with Gasteiger partial charge in [-0.1, -0.05) is 0 Å². The first-order chi connectivity index (χ1) is 14.2. The van der Waals surface area contributed by atoms with E-state index in [0.717, 1.165) is 73.7 Å². The van der Waals surface area contributed by atoms with Gasteiger partial charge in [0.25, 0.3) is 0 Å². The molecule has 2 aliphatic rings. The highest BCUT2D eigenvalue weighted by Gasteiger charge is 2.22. The minimum absolute atomic E-state index is 0.158. The lowest BCUT2D eigenvalue weighted by Crippen LogP contribution is -2.14. The lowest BCUT2D eigenvalue weighted by molar-refractivity contribution is 0.0846. The van der Waals surface area contributed by atoms with Crippen molar-refractivity contribution in [2.24, 2.45) is 0 Å². The zero-order valence-corrected chi connectivity index (χ0v) is 16.9. The van der Waals surface area contributed by atoms with Gasteiger partial charge in [-0.15, -0.1) is 0 Å². The summed E-state index contributed by atoms with van der Waals surface area (Å²) in [7, 11) is 0. The molecule has 0 radical (unpaired) electrons. The SMILES string of the molecule is CCOc1cc2nc(C3CCOCC3)cn2cc1CC(=O)c1ccn2c1CCC2. The molecule has 0 aliphatic carbocycles. The van der Waals surface area contributed by atoms with Gasteiger partial charge in [0, 0.05) is 73.6 Å². The van der Waals surface area contributed by atoms with Crippen molar-refractivity contribution in [3.05, 3.63) is 53.2 Å². The van der Waals surface area contributed by atoms with Crippen LogP contribution in [0.25, 0.3) is 5.65 Å². The maximum atomic E-state index is 13.1. The van der Waals surface area contributed by atoms with Crippen LogP contribution in [-0.4, -0.2) is 39.6 Å². The number of ether oxygens (including phenoxy) is 2. The second kappa shape index (κ2) is 7.67. The van der Waals surface area contributed by atoms with Crippen molar-refractivity contribution in [1.29, 1.82) is 0 Å². The molecule has 6 heteroatoms. The van der Waals surface area contributed by atoms with Gasteiger partial charge < -0.3 is 18.4 Å². The Morgan fingerprint density at radius 3 is 3.00 bits per heavy atom. The highest BCUT2D eigenvalue weighted by atomic mass is 16.5. The van der Waals surface area contributed by atoms with E-state index in [4.69, 9.17) is 14.5 Å². The molecular weight excluding hydrogens is 366 g/mol. The van der Waals surface area contributed by atoms with E-state index in [-0.39, 0.29) is 5.78 Å². The lowest BCUT2D eigenvalue weighted by Gasteiger charge is -2.19. The predicted molar refractivity (Wildman–Crippen MR) is 110 cm³/mol. The molecule has 1 fully saturated rings. The smallest absolute Gasteiger partial charge is 0.169 e. The van der Waals surface area contributed by atoms with Crippen molar-refractivity contribution < 1.29 is 14.3 Å². The Labute approximate surface area is 170 Å². The van der Waals surface area contributed by atoms with Crippen LogP contribution >= 0.6 is 0 Å². The van der Waals surface area contributed by atoms with Gasteiger partial charge in [-0.3, -0.25) is 4.79 Å². The van der Waals surface area contributed by atoms with Gasteiger partial charge in [-0.05, 0) is 38.7 Å². The fourth-order valence-corrected chi connectivity index (χ4v) is 4.62. The molecule has 0 amide bonds. The van der Waals surface area contributed by atoms with Crippen molar-refractivity contribution in [2.45, 2.75) is 51.5 Å². The van der Waals surface area contributed by atoms with Crippen molar-refractivity contribution in [2.75, 3.05) is 19.8 Å². The number of rotatable bonds is 6. The van der Waals surface area contributed by atoms with Crippen LogP contribution in [-0.2, 0) is 24.1 Å². The molecule has 0 spiro atoms. The fraction of sp³-hybridized carbons (Fsp3) is 0.478. The first-order valence-electron chi connectivity index (χ1n) is 10.7. The number of hydrogen-bond acceptors (Lipinski definition) is 4. The largest absolute Gasteiger partial charge is 0.493 e. The van der Waals surface area contributed by atoms with Crippen LogP contribution in [0.15, 0.2) is 30.7 Å². The first-order valence-corrected chi connectivity index (χ1v) is 10.7. The van der Waals surface area contributed by atoms with E-state index in [1.54, 1.807) is 0 Å². The Morgan fingerprint density at radius 1 is 1.31 bits per heavy atom. The summed E-state index contributed by atoms with van der Waals surface area (Å²) in [5.74, 6) is 1.35. The summed E-state index contributed by atoms with van der Waals surface area (Å²) in [4.78, 5) is 17.9. The van der Waals surface area contributed by atoms with E-state index in [2.05, 4.69) is 10.8 Å². The normalized spacial score (nSPS) is 17.0. The average molecular weight is 393 g/mol. The van der Waals surface area contributed by atoms with Gasteiger partial charge in [0.05, 0.1) is 12.3 Å². The maximum absolute atomic E-state index is 13.1. The molecule has 5 rings (SSSR count). The molecule has 3 aromatic rings. The minimum atomic E-state index is 0.158. The van der Waals surface area contributed by atoms with Crippen LogP contribution in [0.1, 0.15) is 59.4 Å². The molecular formula is C23H27N3O3. The Bertz CT molecular complexity index is 1040. The highest BCUT2D eigenvalue weighted by Crippen LogP contribution is 2.29. The van der Waals surface area contributed by atoms with Crippen molar-refractivity contribution in [3.8, 4) is 5.75 Å². The third kappa shape index (κ3) is 3.46. The monoisotopic (exact) mass is 393 g/mol. The molecule has 2 aliphatic heterocycles. The number of pyridine rings is 1. The molecule has 3 aromatic heterocycles. The zero-order chi connectivity index (χ0) is 19.8. The van der Waals surface area contributed by atoms with Crippen LogP contribution in [0.3, 0.4) is 0 Å². The fourth-order valence-electron chi connectivity index (χ4n) is 4.62. The number of Topliss-reactive ketones (excluding diaryl/α,β-unsaturated/α-hetero) is 1. The second-order valence-corrected chi connectivity index (χ2v) is 7.99.